The molecule has 1 N–H and O–H groups in total. The quantitative estimate of drug-likeness (QED) is 0.104. The van der Waals surface area contributed by atoms with E-state index < -0.39 is 57.0 Å². The highest BCUT2D eigenvalue weighted by Crippen LogP contribution is 2.66. The van der Waals surface area contributed by atoms with Crippen molar-refractivity contribution in [3.05, 3.63) is 112 Å². The summed E-state index contributed by atoms with van der Waals surface area (Å²) in [6, 6.07) is 22.2. The number of amides is 4. The molecule has 6 unspecified atom stereocenters. The Morgan fingerprint density at radius 2 is 1.40 bits per heavy atom. The van der Waals surface area contributed by atoms with E-state index in [1.807, 2.05) is 18.2 Å². The minimum absolute atomic E-state index is 0.0154. The van der Waals surface area contributed by atoms with Crippen molar-refractivity contribution in [1.29, 1.82) is 0 Å². The number of nitrogens with zero attached hydrogens (tertiary/aromatic N) is 2. The number of aromatic hydroxyl groups is 1. The van der Waals surface area contributed by atoms with Gasteiger partial charge in [-0.15, -0.1) is 23.2 Å². The molecule has 47 heavy (non-hydrogen) atoms. The van der Waals surface area contributed by atoms with Gasteiger partial charge in [0.1, 0.15) is 11.6 Å². The molecule has 2 heterocycles. The van der Waals surface area contributed by atoms with Crippen molar-refractivity contribution >= 4 is 91.6 Å². The maximum absolute atomic E-state index is 14.6. The lowest BCUT2D eigenvalue weighted by Gasteiger charge is -2.51. The first-order valence-corrected chi connectivity index (χ1v) is 16.9. The van der Waals surface area contributed by atoms with Crippen LogP contribution in [-0.4, -0.2) is 38.5 Å². The average molecular weight is 781 g/mol. The molecule has 11 heteroatoms. The fourth-order valence-electron chi connectivity index (χ4n) is 8.15. The molecule has 8 rings (SSSR count). The van der Waals surface area contributed by atoms with Gasteiger partial charge in [0.15, 0.2) is 9.75 Å². The van der Waals surface area contributed by atoms with Gasteiger partial charge < -0.3 is 5.11 Å². The van der Waals surface area contributed by atoms with E-state index in [2.05, 4.69) is 22.6 Å². The van der Waals surface area contributed by atoms with Crippen molar-refractivity contribution in [2.45, 2.75) is 28.5 Å². The third kappa shape index (κ3) is 4.09. The van der Waals surface area contributed by atoms with Crippen LogP contribution in [-0.2, 0) is 19.2 Å². The van der Waals surface area contributed by atoms with E-state index in [0.29, 0.717) is 27.6 Å². The van der Waals surface area contributed by atoms with Gasteiger partial charge in [0, 0.05) is 14.9 Å². The summed E-state index contributed by atoms with van der Waals surface area (Å²) in [6.07, 6.45) is 1.92. The van der Waals surface area contributed by atoms with Gasteiger partial charge in [-0.05, 0) is 107 Å². The van der Waals surface area contributed by atoms with Gasteiger partial charge in [-0.3, -0.25) is 24.1 Å². The van der Waals surface area contributed by atoms with Crippen LogP contribution >= 0.6 is 45.8 Å². The van der Waals surface area contributed by atoms with Gasteiger partial charge in [0.05, 0.1) is 23.2 Å². The van der Waals surface area contributed by atoms with Crippen LogP contribution in [0.5, 0.6) is 5.75 Å². The van der Waals surface area contributed by atoms with E-state index in [1.54, 1.807) is 42.5 Å². The normalized spacial score (nSPS) is 30.0. The molecule has 236 valence electrons. The predicted molar refractivity (Wildman–Crippen MR) is 184 cm³/mol. The second kappa shape index (κ2) is 10.6. The number of phenols is 1. The Hall–Kier alpha value is -3.80. The lowest BCUT2D eigenvalue weighted by atomic mass is 9.56. The van der Waals surface area contributed by atoms with E-state index in [9.17, 15) is 28.7 Å². The monoisotopic (exact) mass is 780 g/mol. The van der Waals surface area contributed by atoms with Crippen LogP contribution in [0.25, 0.3) is 10.8 Å². The second-order valence-corrected chi connectivity index (χ2v) is 14.9. The van der Waals surface area contributed by atoms with Crippen molar-refractivity contribution in [3.63, 3.8) is 0 Å². The molecule has 4 aromatic carbocycles. The zero-order valence-electron chi connectivity index (χ0n) is 24.4. The number of phenolic OH excluding ortho intramolecular Hbond substituents is 1. The zero-order valence-corrected chi connectivity index (χ0v) is 28.0. The van der Waals surface area contributed by atoms with Crippen LogP contribution in [0.1, 0.15) is 24.3 Å². The Bertz CT molecular complexity index is 2090. The molecule has 0 aromatic heterocycles. The molecular weight excluding hydrogens is 757 g/mol. The number of anilines is 2. The summed E-state index contributed by atoms with van der Waals surface area (Å²) < 4.78 is 14.9. The highest BCUT2D eigenvalue weighted by molar-refractivity contribution is 14.1. The van der Waals surface area contributed by atoms with E-state index in [1.165, 1.54) is 23.1 Å². The third-order valence-corrected chi connectivity index (χ3v) is 12.4. The Labute approximate surface area is 292 Å². The standard InChI is InChI=1S/C36H24Cl2FIN2O5/c37-35-17-27-25(13-14-26-29(27)32(45)41(31(26)44)20-11-7-19(40)8-12-20)30(24-15-16-28(43)23-4-2-1-3-22(23)24)36(35,38)34(47)42(33(35)46)21-9-5-18(39)6-10-21/h1-13,15-16,26-27,29-30,43H,14,17H2. The van der Waals surface area contributed by atoms with Gasteiger partial charge in [-0.25, -0.2) is 9.29 Å². The SMILES string of the molecule is O=C1C2CC=C3C(CC4(Cl)C(=O)N(c5ccc(F)cc5)C(=O)C4(Cl)C3c3ccc(O)c4ccccc34)C2C(=O)N1c1ccc(I)cc1. The maximum atomic E-state index is 14.6. The van der Waals surface area contributed by atoms with Crippen LogP contribution in [0.4, 0.5) is 15.8 Å². The zero-order chi connectivity index (χ0) is 33.0. The van der Waals surface area contributed by atoms with E-state index >= 15 is 0 Å². The minimum atomic E-state index is -2.07. The van der Waals surface area contributed by atoms with Crippen LogP contribution in [0, 0.1) is 27.1 Å². The number of hydrogen-bond acceptors (Lipinski definition) is 5. The lowest BCUT2D eigenvalue weighted by Crippen LogP contribution is -2.60. The molecule has 3 fully saturated rings. The van der Waals surface area contributed by atoms with E-state index in [-0.39, 0.29) is 30.2 Å². The number of carbonyl (C=O) groups is 4. The summed E-state index contributed by atoms with van der Waals surface area (Å²) in [7, 11) is 0. The summed E-state index contributed by atoms with van der Waals surface area (Å²) in [4.78, 5) is 55.2. The van der Waals surface area contributed by atoms with Crippen LogP contribution in [0.3, 0.4) is 0 Å². The number of benzene rings is 4. The van der Waals surface area contributed by atoms with Crippen molar-refractivity contribution in [3.8, 4) is 5.75 Å². The van der Waals surface area contributed by atoms with Crippen LogP contribution in [0.15, 0.2) is 96.6 Å². The fraction of sp³-hybridized carbons (Fsp3) is 0.222. The van der Waals surface area contributed by atoms with Gasteiger partial charge in [-0.1, -0.05) is 42.0 Å². The Morgan fingerprint density at radius 1 is 0.766 bits per heavy atom. The second-order valence-electron chi connectivity index (χ2n) is 12.5. The predicted octanol–water partition coefficient (Wildman–Crippen LogP) is 7.06. The number of imide groups is 2. The van der Waals surface area contributed by atoms with Crippen molar-refractivity contribution in [1.82, 2.24) is 0 Å². The van der Waals surface area contributed by atoms with Gasteiger partial charge in [0.2, 0.25) is 11.8 Å². The first-order valence-electron chi connectivity index (χ1n) is 15.0. The molecule has 2 aliphatic heterocycles. The molecule has 4 aliphatic rings. The van der Waals surface area contributed by atoms with Crippen LogP contribution in [0.2, 0.25) is 0 Å². The van der Waals surface area contributed by atoms with E-state index in [4.69, 9.17) is 23.2 Å². The third-order valence-electron chi connectivity index (χ3n) is 10.2. The van der Waals surface area contributed by atoms with Crippen molar-refractivity contribution in [2.75, 3.05) is 9.80 Å². The molecule has 0 radical (unpaired) electrons. The molecule has 0 spiro atoms. The Morgan fingerprint density at radius 3 is 2.11 bits per heavy atom. The number of fused-ring (bicyclic) bond motifs is 5. The number of hydrogen-bond donors (Lipinski definition) is 1. The summed E-state index contributed by atoms with van der Waals surface area (Å²) in [5.41, 5.74) is 1.74. The highest BCUT2D eigenvalue weighted by Gasteiger charge is 2.76. The van der Waals surface area contributed by atoms with E-state index in [0.717, 1.165) is 20.6 Å². The number of rotatable bonds is 3. The molecule has 0 bridgehead atoms. The molecule has 7 nitrogen and oxygen atoms in total. The van der Waals surface area contributed by atoms with Crippen molar-refractivity contribution in [2.24, 2.45) is 17.8 Å². The molecule has 4 aromatic rings. The number of carbonyl (C=O) groups excluding carboxylic acids is 4. The summed E-state index contributed by atoms with van der Waals surface area (Å²) in [5, 5.41) is 11.9. The molecule has 2 saturated heterocycles. The summed E-state index contributed by atoms with van der Waals surface area (Å²) in [6.45, 7) is 0. The largest absolute Gasteiger partial charge is 0.507 e. The smallest absolute Gasteiger partial charge is 0.258 e. The molecule has 2 aliphatic carbocycles. The topological polar surface area (TPSA) is 95.0 Å². The molecule has 1 saturated carbocycles. The maximum Gasteiger partial charge on any atom is 0.258 e. The summed E-state index contributed by atoms with van der Waals surface area (Å²) >= 11 is 17.1. The summed E-state index contributed by atoms with van der Waals surface area (Å²) in [5.74, 6) is -6.13. The average Bonchev–Trinajstić information content (AvgIpc) is 3.40. The molecule has 4 amide bonds. The van der Waals surface area contributed by atoms with Crippen LogP contribution < -0.4 is 9.80 Å². The lowest BCUT2D eigenvalue weighted by molar-refractivity contribution is -0.125. The first kappa shape index (κ1) is 30.5. The number of halogens is 4. The van der Waals surface area contributed by atoms with Gasteiger partial charge in [-0.2, -0.15) is 0 Å². The fourth-order valence-corrected chi connectivity index (χ4v) is 9.43. The van der Waals surface area contributed by atoms with Gasteiger partial charge in [0.25, 0.3) is 11.8 Å². The highest BCUT2D eigenvalue weighted by atomic mass is 127. The number of allylic oxidation sites excluding steroid dienone is 2. The molecular formula is C36H24Cl2FIN2O5. The Kier molecular flexibility index (Phi) is 6.89. The first-order chi connectivity index (χ1) is 22.5. The van der Waals surface area contributed by atoms with Gasteiger partial charge >= 0.3 is 0 Å². The van der Waals surface area contributed by atoms with Crippen molar-refractivity contribution < 1.29 is 28.7 Å². The minimum Gasteiger partial charge on any atom is -0.507 e. The Balaban J connectivity index is 1.34. The number of alkyl halides is 2. The molecule has 6 atom stereocenters.